The highest BCUT2D eigenvalue weighted by Crippen LogP contribution is 2.11. The summed E-state index contributed by atoms with van der Waals surface area (Å²) in [5.41, 5.74) is 33.8. The molecule has 246 valence electrons. The Morgan fingerprint density at radius 2 is 1.16 bits per heavy atom. The molecule has 1 aromatic carbocycles. The lowest BCUT2D eigenvalue weighted by Crippen LogP contribution is -2.57. The van der Waals surface area contributed by atoms with Crippen LogP contribution in [0.3, 0.4) is 0 Å². The van der Waals surface area contributed by atoms with Gasteiger partial charge < -0.3 is 60.6 Å². The fourth-order valence-electron chi connectivity index (χ4n) is 4.10. The highest BCUT2D eigenvalue weighted by molar-refractivity contribution is 5.94. The second kappa shape index (κ2) is 20.3. The van der Waals surface area contributed by atoms with E-state index in [4.69, 9.17) is 34.4 Å². The fourth-order valence-corrected chi connectivity index (χ4v) is 4.10. The van der Waals surface area contributed by atoms with Crippen LogP contribution in [-0.2, 0) is 25.6 Å². The number of benzene rings is 1. The number of aliphatic imine (C=N–C) groups is 2. The van der Waals surface area contributed by atoms with Gasteiger partial charge in [-0.3, -0.25) is 24.4 Å². The van der Waals surface area contributed by atoms with Crippen molar-refractivity contribution in [2.45, 2.75) is 75.5 Å². The largest absolute Gasteiger partial charge is 0.508 e. The van der Waals surface area contributed by atoms with Gasteiger partial charge in [0.25, 0.3) is 0 Å². The van der Waals surface area contributed by atoms with Crippen LogP contribution in [0, 0.1) is 0 Å². The maximum atomic E-state index is 13.5. The summed E-state index contributed by atoms with van der Waals surface area (Å²) in [6, 6.07) is 1.64. The molecule has 1 aromatic rings. The second-order valence-corrected chi connectivity index (χ2v) is 10.2. The minimum absolute atomic E-state index is 0.0615. The zero-order valence-corrected chi connectivity index (χ0v) is 24.8. The van der Waals surface area contributed by atoms with Crippen molar-refractivity contribution in [1.29, 1.82) is 0 Å². The topological polar surface area (TPSA) is 326 Å². The lowest BCUT2D eigenvalue weighted by Gasteiger charge is -2.25. The van der Waals surface area contributed by atoms with E-state index in [1.54, 1.807) is 12.1 Å². The zero-order valence-electron chi connectivity index (χ0n) is 24.8. The lowest BCUT2D eigenvalue weighted by molar-refractivity contribution is -0.142. The van der Waals surface area contributed by atoms with Crippen LogP contribution in [0.25, 0.3) is 0 Å². The van der Waals surface area contributed by atoms with Crippen LogP contribution in [0.5, 0.6) is 5.75 Å². The Balaban J connectivity index is 3.10. The molecule has 0 aliphatic heterocycles. The number of aliphatic carboxylic acids is 1. The highest BCUT2D eigenvalue weighted by Gasteiger charge is 2.30. The predicted molar refractivity (Wildman–Crippen MR) is 166 cm³/mol. The molecule has 3 amide bonds. The van der Waals surface area contributed by atoms with Crippen molar-refractivity contribution in [2.75, 3.05) is 19.6 Å². The standard InChI is InChI=1S/C27H47N11O6/c28-12-2-1-5-21(25(43)44)38-24(42)20(7-4-14-35-27(32)33)37-23(41)19(6-3-13-34-26(30)31)36-22(40)18(29)15-16-8-10-17(39)11-9-16/h8-11,18-21,39H,1-7,12-15,28-29H2,(H,36,40)(H,37,41)(H,38,42)(H,43,44)(H4,30,31,34)(H4,32,33,35). The summed E-state index contributed by atoms with van der Waals surface area (Å²) in [5, 5.41) is 26.8. The van der Waals surface area contributed by atoms with Gasteiger partial charge in [-0.2, -0.15) is 0 Å². The van der Waals surface area contributed by atoms with Crippen LogP contribution in [-0.4, -0.2) is 89.6 Å². The first-order valence-corrected chi connectivity index (χ1v) is 14.3. The third-order valence-electron chi connectivity index (χ3n) is 6.45. The number of rotatable bonds is 21. The summed E-state index contributed by atoms with van der Waals surface area (Å²) in [6.45, 7) is 0.706. The van der Waals surface area contributed by atoms with Crippen LogP contribution in [0.15, 0.2) is 34.3 Å². The number of hydrogen-bond donors (Lipinski definition) is 11. The summed E-state index contributed by atoms with van der Waals surface area (Å²) in [6.07, 6.45) is 2.07. The van der Waals surface area contributed by atoms with Gasteiger partial charge in [0, 0.05) is 13.1 Å². The molecule has 0 saturated carbocycles. The number of aromatic hydroxyl groups is 1. The van der Waals surface area contributed by atoms with Crippen molar-refractivity contribution in [1.82, 2.24) is 16.0 Å². The van der Waals surface area contributed by atoms with Crippen molar-refractivity contribution >= 4 is 35.6 Å². The highest BCUT2D eigenvalue weighted by atomic mass is 16.4. The zero-order chi connectivity index (χ0) is 33.1. The Labute approximate surface area is 256 Å². The van der Waals surface area contributed by atoms with E-state index in [-0.39, 0.29) is 62.9 Å². The molecule has 0 fully saturated rings. The molecule has 0 radical (unpaired) electrons. The van der Waals surface area contributed by atoms with Crippen LogP contribution in [0.2, 0.25) is 0 Å². The first-order chi connectivity index (χ1) is 20.8. The molecule has 0 saturated heterocycles. The Bertz CT molecular complexity index is 1120. The molecule has 17 N–H and O–H groups in total. The third kappa shape index (κ3) is 15.5. The Kier molecular flexibility index (Phi) is 17.2. The summed E-state index contributed by atoms with van der Waals surface area (Å²) in [5.74, 6) is -3.50. The van der Waals surface area contributed by atoms with Crippen LogP contribution in [0.4, 0.5) is 0 Å². The third-order valence-corrected chi connectivity index (χ3v) is 6.45. The van der Waals surface area contributed by atoms with Gasteiger partial charge in [0.1, 0.15) is 23.9 Å². The van der Waals surface area contributed by atoms with E-state index in [0.717, 1.165) is 0 Å². The minimum Gasteiger partial charge on any atom is -0.508 e. The molecule has 17 heteroatoms. The molecule has 0 heterocycles. The number of unbranched alkanes of at least 4 members (excludes halogenated alkanes) is 1. The van der Waals surface area contributed by atoms with E-state index >= 15 is 0 Å². The van der Waals surface area contributed by atoms with Crippen LogP contribution < -0.4 is 50.4 Å². The van der Waals surface area contributed by atoms with Crippen LogP contribution in [0.1, 0.15) is 50.5 Å². The van der Waals surface area contributed by atoms with E-state index < -0.39 is 47.9 Å². The number of hydrogen-bond acceptors (Lipinski definition) is 9. The van der Waals surface area contributed by atoms with Gasteiger partial charge in [-0.15, -0.1) is 0 Å². The van der Waals surface area contributed by atoms with Crippen molar-refractivity contribution in [3.63, 3.8) is 0 Å². The van der Waals surface area contributed by atoms with Gasteiger partial charge in [0.05, 0.1) is 6.04 Å². The van der Waals surface area contributed by atoms with Gasteiger partial charge >= 0.3 is 5.97 Å². The summed E-state index contributed by atoms with van der Waals surface area (Å²) in [4.78, 5) is 59.2. The van der Waals surface area contributed by atoms with E-state index in [1.165, 1.54) is 12.1 Å². The Hall–Kier alpha value is -4.64. The summed E-state index contributed by atoms with van der Waals surface area (Å²) in [7, 11) is 0. The van der Waals surface area contributed by atoms with Crippen molar-refractivity contribution < 1.29 is 29.4 Å². The number of carboxylic acid groups (broad SMARTS) is 1. The number of nitrogens with one attached hydrogen (secondary N) is 3. The smallest absolute Gasteiger partial charge is 0.326 e. The maximum Gasteiger partial charge on any atom is 0.326 e. The van der Waals surface area contributed by atoms with E-state index in [1.807, 2.05) is 0 Å². The van der Waals surface area contributed by atoms with Gasteiger partial charge in [0.2, 0.25) is 17.7 Å². The molecule has 0 aliphatic carbocycles. The molecule has 0 spiro atoms. The van der Waals surface area contributed by atoms with Gasteiger partial charge in [-0.1, -0.05) is 12.1 Å². The minimum atomic E-state index is -1.23. The first kappa shape index (κ1) is 37.4. The second-order valence-electron chi connectivity index (χ2n) is 10.2. The molecule has 0 bridgehead atoms. The number of carbonyl (C=O) groups excluding carboxylic acids is 3. The number of nitrogens with zero attached hydrogens (tertiary/aromatic N) is 2. The lowest BCUT2D eigenvalue weighted by atomic mass is 10.0. The van der Waals surface area contributed by atoms with Crippen molar-refractivity contribution in [3.05, 3.63) is 29.8 Å². The SMILES string of the molecule is NCCCCC(NC(=O)C(CCCN=C(N)N)NC(=O)C(CCCN=C(N)N)NC(=O)C(N)Cc1ccc(O)cc1)C(=O)O. The number of amides is 3. The average Bonchev–Trinajstić information content (AvgIpc) is 2.96. The number of nitrogens with two attached hydrogens (primary N) is 6. The van der Waals surface area contributed by atoms with E-state index in [9.17, 15) is 29.4 Å². The molecule has 1 rings (SSSR count). The van der Waals surface area contributed by atoms with E-state index in [0.29, 0.717) is 31.4 Å². The maximum absolute atomic E-state index is 13.5. The molecule has 4 unspecified atom stereocenters. The van der Waals surface area contributed by atoms with Crippen molar-refractivity contribution in [3.8, 4) is 5.75 Å². The molecule has 0 aromatic heterocycles. The number of guanidine groups is 2. The summed E-state index contributed by atoms with van der Waals surface area (Å²) < 4.78 is 0. The van der Waals surface area contributed by atoms with Crippen LogP contribution >= 0.6 is 0 Å². The summed E-state index contributed by atoms with van der Waals surface area (Å²) >= 11 is 0. The molecular weight excluding hydrogens is 574 g/mol. The molecule has 17 nitrogen and oxygen atoms in total. The molecule has 0 aliphatic rings. The van der Waals surface area contributed by atoms with Gasteiger partial charge in [0.15, 0.2) is 11.9 Å². The molecule has 44 heavy (non-hydrogen) atoms. The number of phenols is 1. The first-order valence-electron chi connectivity index (χ1n) is 14.3. The van der Waals surface area contributed by atoms with Gasteiger partial charge in [-0.25, -0.2) is 4.79 Å². The Morgan fingerprint density at radius 1 is 0.705 bits per heavy atom. The molecular formula is C27H47N11O6. The monoisotopic (exact) mass is 621 g/mol. The number of carboxylic acids is 1. The number of carbonyl (C=O) groups is 4. The van der Waals surface area contributed by atoms with Crippen molar-refractivity contribution in [2.24, 2.45) is 44.4 Å². The predicted octanol–water partition coefficient (Wildman–Crippen LogP) is -2.96. The van der Waals surface area contributed by atoms with Gasteiger partial charge in [-0.05, 0) is 75.6 Å². The molecule has 4 atom stereocenters. The number of phenolic OH excluding ortho intramolecular Hbond substituents is 1. The normalized spacial score (nSPS) is 13.4. The quantitative estimate of drug-likeness (QED) is 0.0372. The Morgan fingerprint density at radius 3 is 1.61 bits per heavy atom. The van der Waals surface area contributed by atoms with E-state index in [2.05, 4.69) is 25.9 Å². The average molecular weight is 622 g/mol. The fraction of sp³-hybridized carbons (Fsp3) is 0.556.